The molecule has 0 N–H and O–H groups in total. The van der Waals surface area contributed by atoms with Crippen LogP contribution in [0.2, 0.25) is 10.0 Å². The van der Waals surface area contributed by atoms with Crippen LogP contribution in [0, 0.1) is 11.6 Å². The maximum atomic E-state index is 13.6. The summed E-state index contributed by atoms with van der Waals surface area (Å²) >= 11 is 11.6. The number of carbonyl (C=O) groups is 1. The summed E-state index contributed by atoms with van der Waals surface area (Å²) in [5.41, 5.74) is -0.0339. The largest absolute Gasteiger partial charge is 0.336 e. The van der Waals surface area contributed by atoms with Gasteiger partial charge in [-0.25, -0.2) is 17.2 Å². The number of rotatable bonds is 3. The van der Waals surface area contributed by atoms with Crippen molar-refractivity contribution in [1.29, 1.82) is 0 Å². The highest BCUT2D eigenvalue weighted by atomic mass is 35.5. The van der Waals surface area contributed by atoms with E-state index in [0.717, 1.165) is 24.3 Å². The van der Waals surface area contributed by atoms with Crippen molar-refractivity contribution in [1.82, 2.24) is 9.21 Å². The van der Waals surface area contributed by atoms with Gasteiger partial charge in [-0.05, 0) is 36.4 Å². The molecule has 0 aliphatic carbocycles. The molecule has 2 aromatic carbocycles. The van der Waals surface area contributed by atoms with Gasteiger partial charge >= 0.3 is 0 Å². The Morgan fingerprint density at radius 3 is 2.11 bits per heavy atom. The number of halogens is 4. The van der Waals surface area contributed by atoms with Gasteiger partial charge in [-0.15, -0.1) is 0 Å². The van der Waals surface area contributed by atoms with Crippen LogP contribution in [0.15, 0.2) is 41.3 Å². The number of nitrogens with zero attached hydrogens (tertiary/aromatic N) is 2. The molecule has 144 valence electrons. The lowest BCUT2D eigenvalue weighted by atomic mass is 10.1. The van der Waals surface area contributed by atoms with Crippen molar-refractivity contribution in [3.05, 3.63) is 63.6 Å². The third-order valence-electron chi connectivity index (χ3n) is 4.22. The van der Waals surface area contributed by atoms with E-state index >= 15 is 0 Å². The standard InChI is InChI=1S/C17H14Cl2F2N2O3S/c18-14-10-15(19)16(21)9-13(14)17(24)22-5-7-23(8-6-22)27(25,26)12-3-1-11(20)2-4-12/h1-4,9-10H,5-8H2. The zero-order valence-corrected chi connectivity index (χ0v) is 16.2. The molecule has 27 heavy (non-hydrogen) atoms. The first-order valence-electron chi connectivity index (χ1n) is 7.89. The molecule has 1 aliphatic rings. The molecule has 1 amide bonds. The summed E-state index contributed by atoms with van der Waals surface area (Å²) < 4.78 is 53.1. The molecular formula is C17H14Cl2F2N2O3S. The normalized spacial score (nSPS) is 15.8. The quantitative estimate of drug-likeness (QED) is 0.695. The molecule has 10 heteroatoms. The number of benzene rings is 2. The fraction of sp³-hybridized carbons (Fsp3) is 0.235. The van der Waals surface area contributed by atoms with E-state index in [1.54, 1.807) is 0 Å². The molecule has 3 rings (SSSR count). The van der Waals surface area contributed by atoms with Gasteiger partial charge in [0.15, 0.2) is 0 Å². The smallest absolute Gasteiger partial charge is 0.255 e. The van der Waals surface area contributed by atoms with Crippen molar-refractivity contribution in [3.8, 4) is 0 Å². The number of sulfonamides is 1. The Kier molecular flexibility index (Phi) is 5.71. The van der Waals surface area contributed by atoms with Gasteiger partial charge in [-0.2, -0.15) is 4.31 Å². The summed E-state index contributed by atoms with van der Waals surface area (Å²) in [7, 11) is -3.79. The van der Waals surface area contributed by atoms with Gasteiger partial charge in [-0.3, -0.25) is 4.79 Å². The van der Waals surface area contributed by atoms with Crippen molar-refractivity contribution in [3.63, 3.8) is 0 Å². The first-order valence-corrected chi connectivity index (χ1v) is 10.1. The van der Waals surface area contributed by atoms with Crippen LogP contribution in [0.5, 0.6) is 0 Å². The molecule has 0 spiro atoms. The molecule has 1 aliphatic heterocycles. The average molecular weight is 435 g/mol. The summed E-state index contributed by atoms with van der Waals surface area (Å²) in [6, 6.07) is 6.65. The topological polar surface area (TPSA) is 57.7 Å². The van der Waals surface area contributed by atoms with E-state index in [2.05, 4.69) is 0 Å². The van der Waals surface area contributed by atoms with E-state index in [-0.39, 0.29) is 46.7 Å². The highest BCUT2D eigenvalue weighted by Crippen LogP contribution is 2.26. The van der Waals surface area contributed by atoms with Crippen LogP contribution in [-0.4, -0.2) is 49.7 Å². The summed E-state index contributed by atoms with van der Waals surface area (Å²) in [6.07, 6.45) is 0. The molecule has 0 unspecified atom stereocenters. The lowest BCUT2D eigenvalue weighted by Gasteiger charge is -2.34. The lowest BCUT2D eigenvalue weighted by molar-refractivity contribution is 0.0697. The Morgan fingerprint density at radius 2 is 1.52 bits per heavy atom. The number of hydrogen-bond acceptors (Lipinski definition) is 3. The molecule has 0 atom stereocenters. The summed E-state index contributed by atoms with van der Waals surface area (Å²) in [4.78, 5) is 13.9. The van der Waals surface area contributed by atoms with E-state index in [9.17, 15) is 22.0 Å². The Morgan fingerprint density at radius 1 is 0.926 bits per heavy atom. The number of hydrogen-bond donors (Lipinski definition) is 0. The van der Waals surface area contributed by atoms with Gasteiger partial charge in [-0.1, -0.05) is 23.2 Å². The highest BCUT2D eigenvalue weighted by Gasteiger charge is 2.31. The summed E-state index contributed by atoms with van der Waals surface area (Å²) in [5.74, 6) is -1.80. The van der Waals surface area contributed by atoms with Crippen LogP contribution in [0.25, 0.3) is 0 Å². The van der Waals surface area contributed by atoms with Gasteiger partial charge in [0.1, 0.15) is 11.6 Å². The predicted octanol–water partition coefficient (Wildman–Crippen LogP) is 3.42. The zero-order chi connectivity index (χ0) is 19.8. The Labute approximate surface area is 165 Å². The average Bonchev–Trinajstić information content (AvgIpc) is 2.64. The van der Waals surface area contributed by atoms with Crippen LogP contribution < -0.4 is 0 Å². The Bertz CT molecular complexity index is 976. The molecule has 0 bridgehead atoms. The van der Waals surface area contributed by atoms with E-state index in [4.69, 9.17) is 23.2 Å². The maximum Gasteiger partial charge on any atom is 0.255 e. The van der Waals surface area contributed by atoms with E-state index in [1.807, 2.05) is 0 Å². The molecule has 0 aromatic heterocycles. The van der Waals surface area contributed by atoms with E-state index in [0.29, 0.717) is 0 Å². The molecule has 1 saturated heterocycles. The highest BCUT2D eigenvalue weighted by molar-refractivity contribution is 7.89. The minimum atomic E-state index is -3.79. The zero-order valence-electron chi connectivity index (χ0n) is 13.8. The van der Waals surface area contributed by atoms with Crippen LogP contribution in [-0.2, 0) is 10.0 Å². The second-order valence-electron chi connectivity index (χ2n) is 5.90. The van der Waals surface area contributed by atoms with Crippen LogP contribution >= 0.6 is 23.2 Å². The SMILES string of the molecule is O=C(c1cc(F)c(Cl)cc1Cl)N1CCN(S(=O)(=O)c2ccc(F)cc2)CC1. The molecule has 1 heterocycles. The van der Waals surface area contributed by atoms with E-state index in [1.165, 1.54) is 21.3 Å². The van der Waals surface area contributed by atoms with Gasteiger partial charge < -0.3 is 4.90 Å². The van der Waals surface area contributed by atoms with Crippen molar-refractivity contribution < 1.29 is 22.0 Å². The van der Waals surface area contributed by atoms with Crippen molar-refractivity contribution in [2.24, 2.45) is 0 Å². The van der Waals surface area contributed by atoms with Crippen LogP contribution in [0.1, 0.15) is 10.4 Å². The maximum absolute atomic E-state index is 13.6. The van der Waals surface area contributed by atoms with Crippen molar-refractivity contribution >= 4 is 39.1 Å². The fourth-order valence-electron chi connectivity index (χ4n) is 2.74. The van der Waals surface area contributed by atoms with Crippen LogP contribution in [0.4, 0.5) is 8.78 Å². The summed E-state index contributed by atoms with van der Waals surface area (Å²) in [5, 5.41) is -0.167. The number of carbonyl (C=O) groups excluding carboxylic acids is 1. The third-order valence-corrected chi connectivity index (χ3v) is 6.73. The van der Waals surface area contributed by atoms with Gasteiger partial charge in [0.25, 0.3) is 5.91 Å². The molecular weight excluding hydrogens is 421 g/mol. The lowest BCUT2D eigenvalue weighted by Crippen LogP contribution is -2.50. The first-order chi connectivity index (χ1) is 12.7. The van der Waals surface area contributed by atoms with Crippen molar-refractivity contribution in [2.75, 3.05) is 26.2 Å². The van der Waals surface area contributed by atoms with Gasteiger partial charge in [0, 0.05) is 26.2 Å². The third kappa shape index (κ3) is 4.08. The monoisotopic (exact) mass is 434 g/mol. The second kappa shape index (κ2) is 7.71. The van der Waals surface area contributed by atoms with Gasteiger partial charge in [0.2, 0.25) is 10.0 Å². The van der Waals surface area contributed by atoms with E-state index < -0.39 is 27.6 Å². The molecule has 0 saturated carbocycles. The van der Waals surface area contributed by atoms with Crippen LogP contribution in [0.3, 0.4) is 0 Å². The minimum absolute atomic E-state index is 0.0211. The summed E-state index contributed by atoms with van der Waals surface area (Å²) in [6.45, 7) is 0.331. The minimum Gasteiger partial charge on any atom is -0.336 e. The number of piperazine rings is 1. The first kappa shape index (κ1) is 20.0. The molecule has 0 radical (unpaired) electrons. The number of amides is 1. The predicted molar refractivity (Wildman–Crippen MR) is 97.5 cm³/mol. The molecule has 2 aromatic rings. The van der Waals surface area contributed by atoms with Crippen molar-refractivity contribution in [2.45, 2.75) is 4.90 Å². The fourth-order valence-corrected chi connectivity index (χ4v) is 4.63. The Balaban J connectivity index is 1.72. The molecule has 5 nitrogen and oxygen atoms in total. The Hall–Kier alpha value is -1.74. The van der Waals surface area contributed by atoms with Gasteiger partial charge in [0.05, 0.1) is 20.5 Å². The molecule has 1 fully saturated rings. The second-order valence-corrected chi connectivity index (χ2v) is 8.65.